The Morgan fingerprint density at radius 3 is 1.67 bits per heavy atom. The highest BCUT2D eigenvalue weighted by molar-refractivity contribution is 7.55. The fraction of sp³-hybridized carbons (Fsp3) is 0.0400. The largest absolute Gasteiger partial charge is 0.457 e. The molecule has 0 fully saturated rings. The van der Waals surface area contributed by atoms with E-state index in [1.165, 1.54) is 6.07 Å². The summed E-state index contributed by atoms with van der Waals surface area (Å²) in [5.74, 6) is -0.343. The van der Waals surface area contributed by atoms with E-state index in [0.717, 1.165) is 0 Å². The Kier molecular flexibility index (Phi) is 6.72. The van der Waals surface area contributed by atoms with Crippen LogP contribution >= 0.6 is 7.60 Å². The van der Waals surface area contributed by atoms with Gasteiger partial charge in [0.25, 0.3) is 5.69 Å². The van der Waals surface area contributed by atoms with E-state index >= 15 is 0 Å². The van der Waals surface area contributed by atoms with Crippen molar-refractivity contribution < 1.29 is 18.5 Å². The molecule has 8 heteroatoms. The minimum atomic E-state index is -4.04. The molecule has 4 aromatic rings. The number of nitrogens with one attached hydrogen (secondary N) is 1. The van der Waals surface area contributed by atoms with Gasteiger partial charge in [-0.25, -0.2) is 4.57 Å². The van der Waals surface area contributed by atoms with E-state index in [0.29, 0.717) is 17.1 Å². The molecule has 1 unspecified atom stereocenters. The Bertz CT molecular complexity index is 1210. The zero-order chi connectivity index (χ0) is 23.1. The molecule has 4 rings (SSSR count). The van der Waals surface area contributed by atoms with E-state index in [9.17, 15) is 14.7 Å². The Labute approximate surface area is 191 Å². The zero-order valence-corrected chi connectivity index (χ0v) is 18.4. The Balaban J connectivity index is 1.82. The van der Waals surface area contributed by atoms with Crippen LogP contribution in [0.4, 0.5) is 11.4 Å². The molecule has 0 aliphatic heterocycles. The van der Waals surface area contributed by atoms with Gasteiger partial charge in [0.1, 0.15) is 17.2 Å². The van der Waals surface area contributed by atoms with Crippen molar-refractivity contribution in [1.29, 1.82) is 0 Å². The van der Waals surface area contributed by atoms with Crippen molar-refractivity contribution in [2.24, 2.45) is 0 Å². The number of hydrogen-bond acceptors (Lipinski definition) is 6. The van der Waals surface area contributed by atoms with Gasteiger partial charge >= 0.3 is 7.60 Å². The second-order valence-corrected chi connectivity index (χ2v) is 9.04. The molecular weight excluding hydrogens is 439 g/mol. The van der Waals surface area contributed by atoms with E-state index in [1.54, 1.807) is 91.0 Å². The van der Waals surface area contributed by atoms with Gasteiger partial charge in [0.15, 0.2) is 5.78 Å². The maximum absolute atomic E-state index is 14.5. The van der Waals surface area contributed by atoms with E-state index in [4.69, 9.17) is 9.05 Å². The monoisotopic (exact) mass is 460 g/mol. The highest BCUT2D eigenvalue weighted by atomic mass is 31.2. The molecule has 0 spiro atoms. The highest BCUT2D eigenvalue weighted by Gasteiger charge is 2.41. The van der Waals surface area contributed by atoms with Crippen LogP contribution in [0, 0.1) is 10.1 Å². The molecule has 0 saturated heterocycles. The summed E-state index contributed by atoms with van der Waals surface area (Å²) in [5, 5.41) is 14.7. The van der Waals surface area contributed by atoms with Gasteiger partial charge in [0.05, 0.1) is 4.92 Å². The third-order valence-corrected chi connectivity index (χ3v) is 6.77. The summed E-state index contributed by atoms with van der Waals surface area (Å²) in [6, 6.07) is 32.5. The lowest BCUT2D eigenvalue weighted by molar-refractivity contribution is -0.384. The van der Waals surface area contributed by atoms with Crippen molar-refractivity contribution in [3.8, 4) is 11.5 Å². The molecule has 1 N–H and O–H groups in total. The molecule has 0 saturated carbocycles. The van der Waals surface area contributed by atoms with Crippen LogP contribution in [0.5, 0.6) is 11.5 Å². The number of benzene rings is 4. The number of hydrogen-bond donors (Lipinski definition) is 1. The van der Waals surface area contributed by atoms with Crippen molar-refractivity contribution >= 4 is 19.0 Å². The van der Waals surface area contributed by atoms with Crippen molar-refractivity contribution in [2.75, 3.05) is 5.32 Å². The Morgan fingerprint density at radius 2 is 1.15 bits per heavy atom. The summed E-state index contributed by atoms with van der Waals surface area (Å²) in [4.78, 5) is 11.1. The normalized spacial score (nSPS) is 11.9. The van der Waals surface area contributed by atoms with Gasteiger partial charge < -0.3 is 14.4 Å². The van der Waals surface area contributed by atoms with Crippen LogP contribution in [0.25, 0.3) is 0 Å². The summed E-state index contributed by atoms with van der Waals surface area (Å²) in [6.45, 7) is 0. The summed E-state index contributed by atoms with van der Waals surface area (Å²) in [6.07, 6.45) is 0. The van der Waals surface area contributed by atoms with Gasteiger partial charge in [-0.2, -0.15) is 0 Å². The smallest absolute Gasteiger partial charge is 0.414 e. The first kappa shape index (κ1) is 22.1. The average Bonchev–Trinajstić information content (AvgIpc) is 2.84. The van der Waals surface area contributed by atoms with Crippen LogP contribution < -0.4 is 14.4 Å². The second-order valence-electron chi connectivity index (χ2n) is 7.08. The van der Waals surface area contributed by atoms with Crippen LogP contribution in [-0.4, -0.2) is 4.92 Å². The number of anilines is 1. The summed E-state index contributed by atoms with van der Waals surface area (Å²) < 4.78 is 26.5. The Morgan fingerprint density at radius 1 is 0.697 bits per heavy atom. The summed E-state index contributed by atoms with van der Waals surface area (Å²) >= 11 is 0. The summed E-state index contributed by atoms with van der Waals surface area (Å²) in [7, 11) is -4.04. The van der Waals surface area contributed by atoms with Crippen molar-refractivity contribution in [2.45, 2.75) is 5.78 Å². The molecule has 0 bridgehead atoms. The van der Waals surface area contributed by atoms with Gasteiger partial charge in [0.2, 0.25) is 0 Å². The molecule has 0 aliphatic rings. The van der Waals surface area contributed by atoms with E-state index in [1.807, 2.05) is 18.2 Å². The topological polar surface area (TPSA) is 90.7 Å². The van der Waals surface area contributed by atoms with Gasteiger partial charge in [0, 0.05) is 6.07 Å². The van der Waals surface area contributed by atoms with Crippen LogP contribution in [0.2, 0.25) is 0 Å². The van der Waals surface area contributed by atoms with Crippen LogP contribution in [0.3, 0.4) is 0 Å². The first-order chi connectivity index (χ1) is 16.0. The minimum Gasteiger partial charge on any atom is -0.414 e. The lowest BCUT2D eigenvalue weighted by Gasteiger charge is -2.29. The SMILES string of the molecule is O=[N+]([O-])c1ccccc1NC(c1ccccc1)P(=O)(Oc1ccccc1)Oc1ccccc1. The van der Waals surface area contributed by atoms with E-state index in [-0.39, 0.29) is 11.4 Å². The molecular formula is C25H21N2O5P. The second kappa shape index (κ2) is 10.0. The first-order valence-electron chi connectivity index (χ1n) is 10.2. The number of nitrogens with zero attached hydrogens (tertiary/aromatic N) is 1. The van der Waals surface area contributed by atoms with Crippen LogP contribution in [0.15, 0.2) is 115 Å². The predicted molar refractivity (Wildman–Crippen MR) is 128 cm³/mol. The van der Waals surface area contributed by atoms with Crippen LogP contribution in [0.1, 0.15) is 11.3 Å². The molecule has 33 heavy (non-hydrogen) atoms. The van der Waals surface area contributed by atoms with Crippen molar-refractivity contribution in [3.05, 3.63) is 131 Å². The third kappa shape index (κ3) is 5.40. The lowest BCUT2D eigenvalue weighted by atomic mass is 10.2. The maximum atomic E-state index is 14.5. The fourth-order valence-corrected chi connectivity index (χ4v) is 5.18. The third-order valence-electron chi connectivity index (χ3n) is 4.78. The standard InChI is InChI=1S/C25H21N2O5P/c28-27(29)24-19-11-10-18-23(24)26-25(20-12-4-1-5-13-20)33(30,31-21-14-6-2-7-15-21)32-22-16-8-3-9-17-22/h1-19,25-26H. The van der Waals surface area contributed by atoms with E-state index in [2.05, 4.69) is 5.32 Å². The quantitative estimate of drug-likeness (QED) is 0.163. The zero-order valence-electron chi connectivity index (χ0n) is 17.5. The highest BCUT2D eigenvalue weighted by Crippen LogP contribution is 2.60. The molecule has 1 atom stereocenters. The minimum absolute atomic E-state index is 0.149. The van der Waals surface area contributed by atoms with E-state index < -0.39 is 18.3 Å². The fourth-order valence-electron chi connectivity index (χ4n) is 3.26. The maximum Gasteiger partial charge on any atom is 0.457 e. The molecule has 0 heterocycles. The molecule has 166 valence electrons. The van der Waals surface area contributed by atoms with Crippen molar-refractivity contribution in [1.82, 2.24) is 0 Å². The predicted octanol–water partition coefficient (Wildman–Crippen LogP) is 7.06. The van der Waals surface area contributed by atoms with Crippen molar-refractivity contribution in [3.63, 3.8) is 0 Å². The number of nitro benzene ring substituents is 1. The van der Waals surface area contributed by atoms with Gasteiger partial charge in [-0.05, 0) is 35.9 Å². The van der Waals surface area contributed by atoms with Crippen LogP contribution in [-0.2, 0) is 4.57 Å². The van der Waals surface area contributed by atoms with Gasteiger partial charge in [-0.1, -0.05) is 78.9 Å². The number of nitro groups is 1. The molecule has 0 aromatic heterocycles. The first-order valence-corrected chi connectivity index (χ1v) is 11.8. The summed E-state index contributed by atoms with van der Waals surface area (Å²) in [5.41, 5.74) is 0.639. The molecule has 0 amide bonds. The average molecular weight is 460 g/mol. The molecule has 7 nitrogen and oxygen atoms in total. The lowest BCUT2D eigenvalue weighted by Crippen LogP contribution is -2.18. The van der Waals surface area contributed by atoms with Gasteiger partial charge in [-0.3, -0.25) is 10.1 Å². The number of rotatable bonds is 9. The Hall–Kier alpha value is -4.09. The number of para-hydroxylation sites is 4. The molecule has 4 aromatic carbocycles. The molecule has 0 aliphatic carbocycles. The van der Waals surface area contributed by atoms with Gasteiger partial charge in [-0.15, -0.1) is 0 Å². The molecule has 0 radical (unpaired) electrons.